The third-order valence-electron chi connectivity index (χ3n) is 2.26. The molecule has 0 radical (unpaired) electrons. The largest absolute Gasteiger partial charge is 0.476 e. The number of nitrogens with zero attached hydrogens (tertiary/aromatic N) is 3. The summed E-state index contributed by atoms with van der Waals surface area (Å²) in [6.45, 7) is 2.58. The maximum Gasteiger partial charge on any atom is 0.233 e. The standard InChI is InChI=1S/C11H12ClN3OS/c1-8-10(17-7-13-8)4-5-16-11-3-2-9(6-12)14-15-11/h2-3,7H,4-6H2,1H3. The summed E-state index contributed by atoms with van der Waals surface area (Å²) in [4.78, 5) is 5.43. The number of halogens is 1. The van der Waals surface area contributed by atoms with Crippen LogP contribution in [-0.4, -0.2) is 21.8 Å². The third kappa shape index (κ3) is 3.38. The Labute approximate surface area is 109 Å². The average Bonchev–Trinajstić information content (AvgIpc) is 2.76. The minimum atomic E-state index is 0.368. The molecule has 0 saturated carbocycles. The SMILES string of the molecule is Cc1ncsc1CCOc1ccc(CCl)nn1. The molecule has 0 fully saturated rings. The van der Waals surface area contributed by atoms with Crippen molar-refractivity contribution < 1.29 is 4.74 Å². The van der Waals surface area contributed by atoms with E-state index in [0.717, 1.165) is 17.8 Å². The van der Waals surface area contributed by atoms with E-state index in [2.05, 4.69) is 15.2 Å². The summed E-state index contributed by atoms with van der Waals surface area (Å²) in [5.74, 6) is 0.897. The predicted molar refractivity (Wildman–Crippen MR) is 67.6 cm³/mol. The lowest BCUT2D eigenvalue weighted by molar-refractivity contribution is 0.306. The van der Waals surface area contributed by atoms with Crippen LogP contribution in [0.25, 0.3) is 0 Å². The van der Waals surface area contributed by atoms with E-state index in [9.17, 15) is 0 Å². The maximum atomic E-state index is 5.62. The van der Waals surface area contributed by atoms with Crippen molar-refractivity contribution >= 4 is 22.9 Å². The van der Waals surface area contributed by atoms with Crippen molar-refractivity contribution in [3.05, 3.63) is 33.9 Å². The minimum absolute atomic E-state index is 0.368. The Hall–Kier alpha value is -1.20. The summed E-state index contributed by atoms with van der Waals surface area (Å²) in [5, 5.41) is 7.84. The van der Waals surface area contributed by atoms with Crippen LogP contribution in [0, 0.1) is 6.92 Å². The van der Waals surface area contributed by atoms with E-state index in [1.54, 1.807) is 17.4 Å². The third-order valence-corrected chi connectivity index (χ3v) is 3.52. The molecule has 0 saturated heterocycles. The molecule has 4 nitrogen and oxygen atoms in total. The van der Waals surface area contributed by atoms with E-state index in [1.807, 2.05) is 18.5 Å². The molecule has 2 rings (SSSR count). The van der Waals surface area contributed by atoms with Gasteiger partial charge in [0.15, 0.2) is 0 Å². The van der Waals surface area contributed by atoms with Gasteiger partial charge in [-0.15, -0.1) is 28.0 Å². The van der Waals surface area contributed by atoms with Crippen LogP contribution in [0.15, 0.2) is 17.6 Å². The van der Waals surface area contributed by atoms with Crippen LogP contribution in [0.1, 0.15) is 16.3 Å². The fourth-order valence-electron chi connectivity index (χ4n) is 1.31. The van der Waals surface area contributed by atoms with E-state index in [-0.39, 0.29) is 0 Å². The van der Waals surface area contributed by atoms with Gasteiger partial charge in [-0.05, 0) is 13.0 Å². The van der Waals surface area contributed by atoms with Crippen LogP contribution in [0.5, 0.6) is 5.88 Å². The summed E-state index contributed by atoms with van der Waals surface area (Å²) in [7, 11) is 0. The Bertz CT molecular complexity index is 472. The Kier molecular flexibility index (Phi) is 4.28. The second-order valence-electron chi connectivity index (χ2n) is 3.46. The van der Waals surface area contributed by atoms with Gasteiger partial charge in [-0.2, -0.15) is 5.10 Å². The lowest BCUT2D eigenvalue weighted by atomic mass is 10.3. The van der Waals surface area contributed by atoms with Crippen molar-refractivity contribution in [3.8, 4) is 5.88 Å². The van der Waals surface area contributed by atoms with Crippen LogP contribution in [0.3, 0.4) is 0 Å². The van der Waals surface area contributed by atoms with Crippen molar-refractivity contribution in [2.24, 2.45) is 0 Å². The van der Waals surface area contributed by atoms with Gasteiger partial charge in [0.2, 0.25) is 5.88 Å². The molecule has 0 aliphatic rings. The molecule has 0 N–H and O–H groups in total. The summed E-state index contributed by atoms with van der Waals surface area (Å²) in [6, 6.07) is 3.59. The molecular formula is C11H12ClN3OS. The van der Waals surface area contributed by atoms with Crippen LogP contribution >= 0.6 is 22.9 Å². The molecule has 17 heavy (non-hydrogen) atoms. The summed E-state index contributed by atoms with van der Waals surface area (Å²) in [5.41, 5.74) is 3.67. The van der Waals surface area contributed by atoms with Crippen LogP contribution < -0.4 is 4.74 Å². The monoisotopic (exact) mass is 269 g/mol. The van der Waals surface area contributed by atoms with E-state index in [0.29, 0.717) is 18.4 Å². The molecule has 6 heteroatoms. The molecular weight excluding hydrogens is 258 g/mol. The predicted octanol–water partition coefficient (Wildman–Crippen LogP) is 2.60. The van der Waals surface area contributed by atoms with Crippen molar-refractivity contribution in [3.63, 3.8) is 0 Å². The van der Waals surface area contributed by atoms with Gasteiger partial charge >= 0.3 is 0 Å². The molecule has 0 aliphatic heterocycles. The zero-order chi connectivity index (χ0) is 12.1. The number of thiazole rings is 1. The van der Waals surface area contributed by atoms with Crippen LogP contribution in [0.2, 0.25) is 0 Å². The molecule has 2 heterocycles. The molecule has 0 aliphatic carbocycles. The highest BCUT2D eigenvalue weighted by molar-refractivity contribution is 7.09. The molecule has 90 valence electrons. The fourth-order valence-corrected chi connectivity index (χ4v) is 2.22. The van der Waals surface area contributed by atoms with Gasteiger partial charge in [0.05, 0.1) is 29.4 Å². The molecule has 0 unspecified atom stereocenters. The van der Waals surface area contributed by atoms with Crippen molar-refractivity contribution in [1.82, 2.24) is 15.2 Å². The van der Waals surface area contributed by atoms with Crippen molar-refractivity contribution in [2.45, 2.75) is 19.2 Å². The van der Waals surface area contributed by atoms with E-state index >= 15 is 0 Å². The van der Waals surface area contributed by atoms with Gasteiger partial charge in [0.25, 0.3) is 0 Å². The fraction of sp³-hybridized carbons (Fsp3) is 0.364. The highest BCUT2D eigenvalue weighted by Gasteiger charge is 2.02. The van der Waals surface area contributed by atoms with Gasteiger partial charge in [-0.25, -0.2) is 4.98 Å². The molecule has 2 aromatic heterocycles. The second kappa shape index (κ2) is 5.93. The van der Waals surface area contributed by atoms with Crippen molar-refractivity contribution in [1.29, 1.82) is 0 Å². The zero-order valence-electron chi connectivity index (χ0n) is 9.39. The van der Waals surface area contributed by atoms with Gasteiger partial charge in [0, 0.05) is 17.4 Å². The van der Waals surface area contributed by atoms with Gasteiger partial charge in [-0.3, -0.25) is 0 Å². The van der Waals surface area contributed by atoms with E-state index < -0.39 is 0 Å². The molecule has 0 aromatic carbocycles. The minimum Gasteiger partial charge on any atom is -0.476 e. The quantitative estimate of drug-likeness (QED) is 0.783. The van der Waals surface area contributed by atoms with E-state index in [4.69, 9.17) is 16.3 Å². The Morgan fingerprint density at radius 2 is 2.24 bits per heavy atom. The lowest BCUT2D eigenvalue weighted by Gasteiger charge is -2.03. The Morgan fingerprint density at radius 3 is 2.82 bits per heavy atom. The molecule has 2 aromatic rings. The number of aromatic nitrogens is 3. The number of aryl methyl sites for hydroxylation is 1. The summed E-state index contributed by atoms with van der Waals surface area (Å²) < 4.78 is 5.50. The number of ether oxygens (including phenoxy) is 1. The van der Waals surface area contributed by atoms with Gasteiger partial charge in [0.1, 0.15) is 0 Å². The second-order valence-corrected chi connectivity index (χ2v) is 4.66. The first-order valence-electron chi connectivity index (χ1n) is 5.20. The maximum absolute atomic E-state index is 5.62. The molecule has 0 bridgehead atoms. The van der Waals surface area contributed by atoms with Gasteiger partial charge in [-0.1, -0.05) is 0 Å². The van der Waals surface area contributed by atoms with Crippen LogP contribution in [-0.2, 0) is 12.3 Å². The van der Waals surface area contributed by atoms with Crippen molar-refractivity contribution in [2.75, 3.05) is 6.61 Å². The first-order chi connectivity index (χ1) is 8.29. The number of hydrogen-bond donors (Lipinski definition) is 0. The smallest absolute Gasteiger partial charge is 0.233 e. The Balaban J connectivity index is 1.83. The number of rotatable bonds is 5. The molecule has 0 atom stereocenters. The highest BCUT2D eigenvalue weighted by Crippen LogP contribution is 2.13. The number of hydrogen-bond acceptors (Lipinski definition) is 5. The topological polar surface area (TPSA) is 47.9 Å². The van der Waals surface area contributed by atoms with Crippen LogP contribution in [0.4, 0.5) is 0 Å². The zero-order valence-corrected chi connectivity index (χ0v) is 11.0. The first-order valence-corrected chi connectivity index (χ1v) is 6.61. The highest BCUT2D eigenvalue weighted by atomic mass is 35.5. The number of alkyl halides is 1. The summed E-state index contributed by atoms with van der Waals surface area (Å²) in [6.07, 6.45) is 0.843. The summed E-state index contributed by atoms with van der Waals surface area (Å²) >= 11 is 7.27. The lowest BCUT2D eigenvalue weighted by Crippen LogP contribution is -2.03. The normalized spacial score (nSPS) is 10.5. The average molecular weight is 270 g/mol. The van der Waals surface area contributed by atoms with E-state index in [1.165, 1.54) is 4.88 Å². The Morgan fingerprint density at radius 1 is 1.35 bits per heavy atom. The molecule has 0 amide bonds. The first kappa shape index (κ1) is 12.3. The molecule has 0 spiro atoms. The van der Waals surface area contributed by atoms with Gasteiger partial charge < -0.3 is 4.74 Å².